The van der Waals surface area contributed by atoms with Gasteiger partial charge in [0.15, 0.2) is 0 Å². The molecule has 0 unspecified atom stereocenters. The van der Waals surface area contributed by atoms with Gasteiger partial charge in [0.25, 0.3) is 5.91 Å². The van der Waals surface area contributed by atoms with Gasteiger partial charge in [0.2, 0.25) is 10.0 Å². The molecule has 3 aromatic rings. The predicted molar refractivity (Wildman–Crippen MR) is 132 cm³/mol. The number of anilines is 1. The maximum Gasteiger partial charge on any atom is 0.277 e. The monoisotopic (exact) mass is 481 g/mol. The Morgan fingerprint density at radius 3 is 2.21 bits per heavy atom. The third kappa shape index (κ3) is 4.44. The molecule has 4 rings (SSSR count). The van der Waals surface area contributed by atoms with E-state index >= 15 is 0 Å². The van der Waals surface area contributed by atoms with Crippen molar-refractivity contribution in [2.75, 3.05) is 18.0 Å². The Balaban J connectivity index is 1.67. The van der Waals surface area contributed by atoms with Crippen LogP contribution in [0.5, 0.6) is 0 Å². The van der Waals surface area contributed by atoms with Gasteiger partial charge in [-0.1, -0.05) is 61.8 Å². The van der Waals surface area contributed by atoms with Crippen LogP contribution in [0, 0.1) is 0 Å². The Morgan fingerprint density at radius 1 is 0.909 bits per heavy atom. The van der Waals surface area contributed by atoms with Gasteiger partial charge in [-0.3, -0.25) is 4.79 Å². The number of aliphatic imine (C=N–C) groups is 1. The van der Waals surface area contributed by atoms with Gasteiger partial charge in [0.1, 0.15) is 5.71 Å². The highest BCUT2D eigenvalue weighted by Gasteiger charge is 2.34. The van der Waals surface area contributed by atoms with Gasteiger partial charge in [-0.15, -0.1) is 0 Å². The standard InChI is InChI=1S/C25H24ClN3O3S/c1-3-28(4-2)33(31,32)20-15-13-19(14-16-20)27-24-21-10-6-8-12-23(21)29(25(24)30)17-18-9-5-7-11-22(18)26/h5-16H,3-4,17H2,1-2H3. The molecule has 3 aromatic carbocycles. The molecule has 0 fully saturated rings. The number of carbonyl (C=O) groups is 1. The first kappa shape index (κ1) is 23.2. The lowest BCUT2D eigenvalue weighted by Crippen LogP contribution is -2.30. The van der Waals surface area contributed by atoms with Gasteiger partial charge in [-0.05, 0) is 42.0 Å². The van der Waals surface area contributed by atoms with Crippen molar-refractivity contribution in [1.82, 2.24) is 4.31 Å². The molecule has 33 heavy (non-hydrogen) atoms. The fourth-order valence-corrected chi connectivity index (χ4v) is 5.51. The molecule has 0 radical (unpaired) electrons. The first-order valence-corrected chi connectivity index (χ1v) is 12.5. The summed E-state index contributed by atoms with van der Waals surface area (Å²) in [6, 6.07) is 21.2. The van der Waals surface area contributed by atoms with Crippen LogP contribution in [-0.2, 0) is 21.4 Å². The fraction of sp³-hybridized carbons (Fsp3) is 0.200. The Bertz CT molecular complexity index is 1320. The van der Waals surface area contributed by atoms with Crippen molar-refractivity contribution in [3.63, 3.8) is 0 Å². The second-order valence-electron chi connectivity index (χ2n) is 7.54. The van der Waals surface area contributed by atoms with E-state index in [1.807, 2.05) is 42.5 Å². The molecule has 8 heteroatoms. The summed E-state index contributed by atoms with van der Waals surface area (Å²) in [4.78, 5) is 19.8. The summed E-state index contributed by atoms with van der Waals surface area (Å²) in [5.74, 6) is -0.226. The number of hydrogen-bond acceptors (Lipinski definition) is 4. The van der Waals surface area contributed by atoms with Gasteiger partial charge in [-0.2, -0.15) is 4.31 Å². The molecule has 0 bridgehead atoms. The molecule has 0 aromatic heterocycles. The van der Waals surface area contributed by atoms with Crippen molar-refractivity contribution >= 4 is 44.6 Å². The summed E-state index contributed by atoms with van der Waals surface area (Å²) in [7, 11) is -3.55. The van der Waals surface area contributed by atoms with Crippen molar-refractivity contribution < 1.29 is 13.2 Å². The highest BCUT2D eigenvalue weighted by Crippen LogP contribution is 2.33. The number of halogens is 1. The van der Waals surface area contributed by atoms with Crippen molar-refractivity contribution in [2.24, 2.45) is 4.99 Å². The molecule has 0 N–H and O–H groups in total. The first-order chi connectivity index (χ1) is 15.9. The third-order valence-electron chi connectivity index (χ3n) is 5.60. The summed E-state index contributed by atoms with van der Waals surface area (Å²) >= 11 is 6.32. The average Bonchev–Trinajstić information content (AvgIpc) is 3.07. The molecule has 0 spiro atoms. The topological polar surface area (TPSA) is 70.0 Å². The van der Waals surface area contributed by atoms with Crippen LogP contribution in [0.3, 0.4) is 0 Å². The van der Waals surface area contributed by atoms with E-state index < -0.39 is 10.0 Å². The quantitative estimate of drug-likeness (QED) is 0.474. The normalized spacial score (nSPS) is 14.8. The number of carbonyl (C=O) groups excluding carboxylic acids is 1. The highest BCUT2D eigenvalue weighted by molar-refractivity contribution is 7.89. The Kier molecular flexibility index (Phi) is 6.65. The second kappa shape index (κ2) is 9.47. The second-order valence-corrected chi connectivity index (χ2v) is 9.89. The van der Waals surface area contributed by atoms with E-state index in [4.69, 9.17) is 11.6 Å². The molecular formula is C25H24ClN3O3S. The molecule has 0 saturated carbocycles. The molecule has 170 valence electrons. The van der Waals surface area contributed by atoms with Crippen LogP contribution in [0.1, 0.15) is 25.0 Å². The number of sulfonamides is 1. The van der Waals surface area contributed by atoms with Gasteiger partial charge in [0, 0.05) is 23.7 Å². The van der Waals surface area contributed by atoms with Crippen molar-refractivity contribution in [1.29, 1.82) is 0 Å². The summed E-state index contributed by atoms with van der Waals surface area (Å²) in [5, 5.41) is 0.596. The summed E-state index contributed by atoms with van der Waals surface area (Å²) in [6.07, 6.45) is 0. The van der Waals surface area contributed by atoms with E-state index in [2.05, 4.69) is 4.99 Å². The molecule has 0 atom stereocenters. The van der Waals surface area contributed by atoms with E-state index in [1.165, 1.54) is 16.4 Å². The number of fused-ring (bicyclic) bond motifs is 1. The maximum absolute atomic E-state index is 13.3. The number of nitrogens with zero attached hydrogens (tertiary/aromatic N) is 3. The van der Waals surface area contributed by atoms with E-state index in [-0.39, 0.29) is 10.8 Å². The van der Waals surface area contributed by atoms with Crippen molar-refractivity contribution in [2.45, 2.75) is 25.3 Å². The Morgan fingerprint density at radius 2 is 1.55 bits per heavy atom. The van der Waals surface area contributed by atoms with Crippen LogP contribution < -0.4 is 4.90 Å². The lowest BCUT2D eigenvalue weighted by molar-refractivity contribution is -0.112. The molecule has 1 amide bonds. The van der Waals surface area contributed by atoms with Gasteiger partial charge in [-0.25, -0.2) is 13.4 Å². The fourth-order valence-electron chi connectivity index (χ4n) is 3.86. The lowest BCUT2D eigenvalue weighted by atomic mass is 10.1. The van der Waals surface area contributed by atoms with E-state index in [1.54, 1.807) is 36.9 Å². The number of amides is 1. The highest BCUT2D eigenvalue weighted by atomic mass is 35.5. The number of para-hydroxylation sites is 1. The van der Waals surface area contributed by atoms with Crippen LogP contribution in [0.25, 0.3) is 0 Å². The first-order valence-electron chi connectivity index (χ1n) is 10.7. The number of benzene rings is 3. The zero-order chi connectivity index (χ0) is 23.6. The zero-order valence-electron chi connectivity index (χ0n) is 18.4. The largest absolute Gasteiger partial charge is 0.302 e. The predicted octanol–water partition coefficient (Wildman–Crippen LogP) is 5.04. The van der Waals surface area contributed by atoms with E-state index in [0.717, 1.165) is 16.8 Å². The Labute approximate surface area is 199 Å². The molecule has 6 nitrogen and oxygen atoms in total. The van der Waals surface area contributed by atoms with Crippen LogP contribution in [0.4, 0.5) is 11.4 Å². The van der Waals surface area contributed by atoms with Crippen molar-refractivity contribution in [3.05, 3.63) is 88.9 Å². The van der Waals surface area contributed by atoms with E-state index in [0.29, 0.717) is 36.1 Å². The summed E-state index contributed by atoms with van der Waals surface area (Å²) < 4.78 is 26.9. The minimum absolute atomic E-state index is 0.202. The van der Waals surface area contributed by atoms with Crippen LogP contribution in [0.15, 0.2) is 82.7 Å². The molecule has 1 aliphatic heterocycles. The van der Waals surface area contributed by atoms with Crippen molar-refractivity contribution in [3.8, 4) is 0 Å². The Hall–Kier alpha value is -3.00. The SMILES string of the molecule is CCN(CC)S(=O)(=O)c1ccc(N=C2C(=O)N(Cc3ccccc3Cl)c3ccccc32)cc1. The summed E-state index contributed by atoms with van der Waals surface area (Å²) in [6.45, 7) is 4.73. The molecular weight excluding hydrogens is 458 g/mol. The molecule has 0 aliphatic carbocycles. The summed E-state index contributed by atoms with van der Waals surface area (Å²) in [5.41, 5.74) is 3.16. The molecule has 1 heterocycles. The lowest BCUT2D eigenvalue weighted by Gasteiger charge is -2.18. The molecule has 1 aliphatic rings. The maximum atomic E-state index is 13.3. The number of hydrogen-bond donors (Lipinski definition) is 0. The van der Waals surface area contributed by atoms with Crippen LogP contribution >= 0.6 is 11.6 Å². The third-order valence-corrected chi connectivity index (χ3v) is 8.04. The average molecular weight is 482 g/mol. The van der Waals surface area contributed by atoms with E-state index in [9.17, 15) is 13.2 Å². The van der Waals surface area contributed by atoms with Gasteiger partial charge in [0.05, 0.1) is 22.8 Å². The van der Waals surface area contributed by atoms with Crippen LogP contribution in [-0.4, -0.2) is 37.4 Å². The smallest absolute Gasteiger partial charge is 0.277 e. The van der Waals surface area contributed by atoms with Gasteiger partial charge < -0.3 is 4.90 Å². The number of rotatable bonds is 7. The zero-order valence-corrected chi connectivity index (χ0v) is 20.0. The molecule has 0 saturated heterocycles. The van der Waals surface area contributed by atoms with Crippen LogP contribution in [0.2, 0.25) is 5.02 Å². The minimum Gasteiger partial charge on any atom is -0.302 e. The minimum atomic E-state index is -3.55. The van der Waals surface area contributed by atoms with Gasteiger partial charge >= 0.3 is 0 Å².